The van der Waals surface area contributed by atoms with E-state index in [1.54, 1.807) is 7.05 Å². The Labute approximate surface area is 122 Å². The third-order valence-corrected chi connectivity index (χ3v) is 3.84. The van der Waals surface area contributed by atoms with Crippen LogP contribution in [-0.4, -0.2) is 41.7 Å². The summed E-state index contributed by atoms with van der Waals surface area (Å²) in [6.45, 7) is -2.88. The number of amides is 1. The zero-order valence-corrected chi connectivity index (χ0v) is 11.8. The van der Waals surface area contributed by atoms with E-state index in [4.69, 9.17) is 0 Å². The summed E-state index contributed by atoms with van der Waals surface area (Å²) in [6, 6.07) is 5.38. The van der Waals surface area contributed by atoms with E-state index >= 15 is 0 Å². The van der Waals surface area contributed by atoms with E-state index in [0.717, 1.165) is 19.3 Å². The van der Waals surface area contributed by atoms with E-state index in [1.165, 1.54) is 29.2 Å². The van der Waals surface area contributed by atoms with Crippen molar-refractivity contribution in [2.45, 2.75) is 44.4 Å². The average molecular weight is 299 g/mol. The second kappa shape index (κ2) is 6.85. The van der Waals surface area contributed by atoms with Crippen LogP contribution in [0.2, 0.25) is 0 Å². The molecule has 0 saturated heterocycles. The van der Waals surface area contributed by atoms with Crippen LogP contribution in [0.5, 0.6) is 5.75 Å². The number of benzene rings is 1. The Bertz CT molecular complexity index is 478. The lowest BCUT2D eigenvalue weighted by Crippen LogP contribution is -2.46. The van der Waals surface area contributed by atoms with E-state index in [9.17, 15) is 18.7 Å². The van der Waals surface area contributed by atoms with Gasteiger partial charge >= 0.3 is 6.61 Å². The molecule has 0 spiro atoms. The van der Waals surface area contributed by atoms with Gasteiger partial charge in [0.2, 0.25) is 0 Å². The van der Waals surface area contributed by atoms with Crippen molar-refractivity contribution in [3.05, 3.63) is 29.8 Å². The first kappa shape index (κ1) is 15.7. The van der Waals surface area contributed by atoms with Crippen molar-refractivity contribution < 1.29 is 23.4 Å². The van der Waals surface area contributed by atoms with Crippen LogP contribution in [0.15, 0.2) is 24.3 Å². The number of rotatable bonds is 4. The molecule has 1 fully saturated rings. The molecule has 1 amide bonds. The standard InChI is InChI=1S/C15H19F2NO3/c1-18(12-4-2-3-5-13(12)19)14(20)10-6-8-11(9-7-10)21-15(16)17/h6-9,12-13,15,19H,2-5H2,1H3. The first-order valence-corrected chi connectivity index (χ1v) is 6.99. The number of aliphatic hydroxyl groups excluding tert-OH is 1. The molecule has 0 bridgehead atoms. The summed E-state index contributed by atoms with van der Waals surface area (Å²) in [5, 5.41) is 9.98. The van der Waals surface area contributed by atoms with Gasteiger partial charge in [-0.3, -0.25) is 4.79 Å². The molecule has 1 aromatic rings. The van der Waals surface area contributed by atoms with Gasteiger partial charge in [-0.25, -0.2) is 0 Å². The van der Waals surface area contributed by atoms with E-state index in [0.29, 0.717) is 12.0 Å². The molecule has 0 aliphatic heterocycles. The monoisotopic (exact) mass is 299 g/mol. The molecule has 0 heterocycles. The lowest BCUT2D eigenvalue weighted by molar-refractivity contribution is -0.0498. The van der Waals surface area contributed by atoms with Crippen molar-refractivity contribution in [1.82, 2.24) is 4.90 Å². The van der Waals surface area contributed by atoms with Crippen LogP contribution in [0, 0.1) is 0 Å². The van der Waals surface area contributed by atoms with Crippen LogP contribution in [0.4, 0.5) is 8.78 Å². The molecule has 1 aliphatic rings. The highest BCUT2D eigenvalue weighted by molar-refractivity contribution is 5.94. The van der Waals surface area contributed by atoms with Crippen LogP contribution >= 0.6 is 0 Å². The molecule has 116 valence electrons. The molecule has 21 heavy (non-hydrogen) atoms. The molecule has 2 atom stereocenters. The zero-order chi connectivity index (χ0) is 15.4. The van der Waals surface area contributed by atoms with Gasteiger partial charge in [-0.05, 0) is 37.1 Å². The largest absolute Gasteiger partial charge is 0.435 e. The maximum atomic E-state index is 12.3. The lowest BCUT2D eigenvalue weighted by atomic mass is 9.91. The second-order valence-electron chi connectivity index (χ2n) is 5.24. The van der Waals surface area contributed by atoms with Crippen molar-refractivity contribution in [1.29, 1.82) is 0 Å². The third kappa shape index (κ3) is 3.91. The smallest absolute Gasteiger partial charge is 0.387 e. The maximum Gasteiger partial charge on any atom is 0.387 e. The van der Waals surface area contributed by atoms with E-state index in [-0.39, 0.29) is 17.7 Å². The van der Waals surface area contributed by atoms with Crippen molar-refractivity contribution in [2.75, 3.05) is 7.05 Å². The van der Waals surface area contributed by atoms with Crippen molar-refractivity contribution >= 4 is 5.91 Å². The van der Waals surface area contributed by atoms with Crippen LogP contribution in [-0.2, 0) is 0 Å². The predicted octanol–water partition coefficient (Wildman–Crippen LogP) is 2.66. The molecule has 4 nitrogen and oxygen atoms in total. The first-order chi connectivity index (χ1) is 9.99. The zero-order valence-electron chi connectivity index (χ0n) is 11.8. The Morgan fingerprint density at radius 2 is 1.90 bits per heavy atom. The summed E-state index contributed by atoms with van der Waals surface area (Å²) < 4.78 is 28.4. The predicted molar refractivity (Wildman–Crippen MR) is 73.4 cm³/mol. The highest BCUT2D eigenvalue weighted by Crippen LogP contribution is 2.24. The van der Waals surface area contributed by atoms with Crippen LogP contribution in [0.1, 0.15) is 36.0 Å². The number of halogens is 2. The lowest BCUT2D eigenvalue weighted by Gasteiger charge is -2.35. The van der Waals surface area contributed by atoms with Crippen molar-refractivity contribution in [3.63, 3.8) is 0 Å². The summed E-state index contributed by atoms with van der Waals surface area (Å²) >= 11 is 0. The summed E-state index contributed by atoms with van der Waals surface area (Å²) in [4.78, 5) is 13.9. The third-order valence-electron chi connectivity index (χ3n) is 3.84. The highest BCUT2D eigenvalue weighted by atomic mass is 19.3. The summed E-state index contributed by atoms with van der Waals surface area (Å²) in [6.07, 6.45) is 2.92. The molecule has 1 aliphatic carbocycles. The van der Waals surface area contributed by atoms with Gasteiger partial charge in [-0.2, -0.15) is 8.78 Å². The number of ether oxygens (including phenoxy) is 1. The topological polar surface area (TPSA) is 49.8 Å². The fraction of sp³-hybridized carbons (Fsp3) is 0.533. The molecule has 0 aromatic heterocycles. The fourth-order valence-corrected chi connectivity index (χ4v) is 2.68. The maximum absolute atomic E-state index is 12.3. The Hall–Kier alpha value is -1.69. The second-order valence-corrected chi connectivity index (χ2v) is 5.24. The number of alkyl halides is 2. The number of hydrogen-bond acceptors (Lipinski definition) is 3. The minimum atomic E-state index is -2.88. The Kier molecular flexibility index (Phi) is 5.12. The summed E-state index contributed by atoms with van der Waals surface area (Å²) in [5.41, 5.74) is 0.386. The minimum Gasteiger partial charge on any atom is -0.435 e. The van der Waals surface area contributed by atoms with Crippen LogP contribution in [0.25, 0.3) is 0 Å². The van der Waals surface area contributed by atoms with Crippen LogP contribution < -0.4 is 4.74 Å². The highest BCUT2D eigenvalue weighted by Gasteiger charge is 2.29. The molecular formula is C15H19F2NO3. The molecule has 6 heteroatoms. The Morgan fingerprint density at radius 1 is 1.29 bits per heavy atom. The number of carbonyl (C=O) groups excluding carboxylic acids is 1. The minimum absolute atomic E-state index is 0.0157. The molecule has 2 unspecified atom stereocenters. The fourth-order valence-electron chi connectivity index (χ4n) is 2.68. The van der Waals surface area contributed by atoms with Gasteiger partial charge in [0.25, 0.3) is 5.91 Å². The number of nitrogens with zero attached hydrogens (tertiary/aromatic N) is 1. The van der Waals surface area contributed by atoms with Gasteiger partial charge in [0.1, 0.15) is 5.75 Å². The molecule has 1 aromatic carbocycles. The molecule has 1 saturated carbocycles. The Morgan fingerprint density at radius 3 is 2.48 bits per heavy atom. The molecule has 1 N–H and O–H groups in total. The van der Waals surface area contributed by atoms with E-state index < -0.39 is 12.7 Å². The Balaban J connectivity index is 2.04. The molecular weight excluding hydrogens is 280 g/mol. The van der Waals surface area contributed by atoms with Gasteiger partial charge in [0, 0.05) is 12.6 Å². The number of likely N-dealkylation sites (N-methyl/N-ethyl adjacent to an activating group) is 1. The number of aliphatic hydroxyl groups is 1. The summed E-state index contributed by atoms with van der Waals surface area (Å²) in [5.74, 6) is -0.216. The molecule has 0 radical (unpaired) electrons. The normalized spacial score (nSPS) is 22.1. The van der Waals surface area contributed by atoms with Gasteiger partial charge in [0.15, 0.2) is 0 Å². The van der Waals surface area contributed by atoms with Crippen molar-refractivity contribution in [2.24, 2.45) is 0 Å². The van der Waals surface area contributed by atoms with Gasteiger partial charge in [-0.15, -0.1) is 0 Å². The van der Waals surface area contributed by atoms with Crippen LogP contribution in [0.3, 0.4) is 0 Å². The van der Waals surface area contributed by atoms with E-state index in [1.807, 2.05) is 0 Å². The quantitative estimate of drug-likeness (QED) is 0.930. The average Bonchev–Trinajstić information content (AvgIpc) is 2.46. The number of hydrogen-bond donors (Lipinski definition) is 1. The van der Waals surface area contributed by atoms with Gasteiger partial charge in [-0.1, -0.05) is 12.8 Å². The summed E-state index contributed by atoms with van der Waals surface area (Å²) in [7, 11) is 1.66. The van der Waals surface area contributed by atoms with E-state index in [2.05, 4.69) is 4.74 Å². The van der Waals surface area contributed by atoms with Crippen molar-refractivity contribution in [3.8, 4) is 5.75 Å². The molecule has 2 rings (SSSR count). The first-order valence-electron chi connectivity index (χ1n) is 6.99. The van der Waals surface area contributed by atoms with Gasteiger partial charge in [0.05, 0.1) is 12.1 Å². The SMILES string of the molecule is CN(C(=O)c1ccc(OC(F)F)cc1)C1CCCCC1O. The number of carbonyl (C=O) groups is 1. The van der Waals surface area contributed by atoms with Gasteiger partial charge < -0.3 is 14.7 Å².